The summed E-state index contributed by atoms with van der Waals surface area (Å²) in [5.74, 6) is -0.126. The minimum atomic E-state index is -0.636. The number of fused-ring (bicyclic) bond motifs is 1. The zero-order valence-corrected chi connectivity index (χ0v) is 20.3. The number of anilines is 1. The van der Waals surface area contributed by atoms with Gasteiger partial charge >= 0.3 is 5.97 Å². The standard InChI is InChI=1S/C27H25FN2O4S/c1-3-16-5-11-21-23(13-16)35-26(24(21)27(32)33-4-2)30-25(31)18(15-29)14-20-10-12-22(34-20)17-6-8-19(28)9-7-17/h6-10,12,14,16H,3-5,11,13H2,1-2H3,(H,30,31)/b18-14+. The molecule has 2 heterocycles. The highest BCUT2D eigenvalue weighted by Crippen LogP contribution is 2.41. The number of nitriles is 1. The molecule has 0 radical (unpaired) electrons. The topological polar surface area (TPSA) is 92.3 Å². The van der Waals surface area contributed by atoms with Gasteiger partial charge in [0.1, 0.15) is 34.0 Å². The zero-order chi connectivity index (χ0) is 24.9. The van der Waals surface area contributed by atoms with Crippen molar-refractivity contribution in [1.29, 1.82) is 5.26 Å². The molecule has 35 heavy (non-hydrogen) atoms. The van der Waals surface area contributed by atoms with Crippen LogP contribution < -0.4 is 5.32 Å². The van der Waals surface area contributed by atoms with Crippen LogP contribution in [0.1, 0.15) is 53.2 Å². The summed E-state index contributed by atoms with van der Waals surface area (Å²) in [5, 5.41) is 12.8. The van der Waals surface area contributed by atoms with Crippen LogP contribution in [0.15, 0.2) is 46.4 Å². The van der Waals surface area contributed by atoms with E-state index in [1.54, 1.807) is 31.2 Å². The fourth-order valence-corrected chi connectivity index (χ4v) is 5.52. The van der Waals surface area contributed by atoms with Gasteiger partial charge in [0.25, 0.3) is 5.91 Å². The SMILES string of the molecule is CCOC(=O)c1c(NC(=O)/C(C#N)=C/c2ccc(-c3ccc(F)cc3)o2)sc2c1CCC(CC)C2. The van der Waals surface area contributed by atoms with Crippen LogP contribution in [0, 0.1) is 23.1 Å². The molecule has 1 unspecified atom stereocenters. The monoisotopic (exact) mass is 492 g/mol. The average Bonchev–Trinajstić information content (AvgIpc) is 3.46. The minimum absolute atomic E-state index is 0.169. The molecule has 0 aliphatic heterocycles. The molecule has 1 atom stereocenters. The van der Waals surface area contributed by atoms with E-state index in [4.69, 9.17) is 9.15 Å². The van der Waals surface area contributed by atoms with Crippen LogP contribution in [0.4, 0.5) is 9.39 Å². The Hall–Kier alpha value is -3.70. The fourth-order valence-electron chi connectivity index (χ4n) is 4.17. The largest absolute Gasteiger partial charge is 0.462 e. The Morgan fingerprint density at radius 1 is 1.26 bits per heavy atom. The van der Waals surface area contributed by atoms with Crippen molar-refractivity contribution in [3.05, 3.63) is 69.6 Å². The van der Waals surface area contributed by atoms with Crippen molar-refractivity contribution in [2.45, 2.75) is 39.5 Å². The first-order valence-corrected chi connectivity index (χ1v) is 12.4. The summed E-state index contributed by atoms with van der Waals surface area (Å²) in [6.07, 6.45) is 5.00. The van der Waals surface area contributed by atoms with Crippen LogP contribution in [-0.4, -0.2) is 18.5 Å². The summed E-state index contributed by atoms with van der Waals surface area (Å²) >= 11 is 1.38. The Morgan fingerprint density at radius 2 is 2.03 bits per heavy atom. The smallest absolute Gasteiger partial charge is 0.341 e. The summed E-state index contributed by atoms with van der Waals surface area (Å²) in [7, 11) is 0. The number of esters is 1. The van der Waals surface area contributed by atoms with Crippen molar-refractivity contribution < 1.29 is 23.1 Å². The van der Waals surface area contributed by atoms with E-state index in [1.165, 1.54) is 29.5 Å². The first-order chi connectivity index (χ1) is 16.9. The van der Waals surface area contributed by atoms with Crippen LogP contribution in [0.25, 0.3) is 17.4 Å². The lowest BCUT2D eigenvalue weighted by molar-refractivity contribution is -0.112. The molecule has 8 heteroatoms. The number of nitrogens with zero attached hydrogens (tertiary/aromatic N) is 1. The van der Waals surface area contributed by atoms with Crippen molar-refractivity contribution in [1.82, 2.24) is 0 Å². The molecule has 0 spiro atoms. The van der Waals surface area contributed by atoms with E-state index >= 15 is 0 Å². The first-order valence-electron chi connectivity index (χ1n) is 11.5. The number of rotatable bonds is 7. The van der Waals surface area contributed by atoms with Crippen molar-refractivity contribution in [2.75, 3.05) is 11.9 Å². The number of nitrogens with one attached hydrogen (secondary N) is 1. The summed E-state index contributed by atoms with van der Waals surface area (Å²) in [5.41, 5.74) is 1.83. The second-order valence-electron chi connectivity index (χ2n) is 8.28. The maximum absolute atomic E-state index is 13.2. The lowest BCUT2D eigenvalue weighted by Gasteiger charge is -2.20. The second kappa shape index (κ2) is 10.7. The van der Waals surface area contributed by atoms with E-state index in [9.17, 15) is 19.2 Å². The number of furan rings is 1. The number of carbonyl (C=O) groups excluding carboxylic acids is 2. The molecule has 0 fully saturated rings. The Bertz CT molecular complexity index is 1310. The molecule has 3 aromatic rings. The van der Waals surface area contributed by atoms with Crippen LogP contribution in [-0.2, 0) is 22.4 Å². The van der Waals surface area contributed by atoms with Crippen molar-refractivity contribution in [2.24, 2.45) is 5.92 Å². The maximum Gasteiger partial charge on any atom is 0.341 e. The predicted octanol–water partition coefficient (Wildman–Crippen LogP) is 6.38. The number of hydrogen-bond acceptors (Lipinski definition) is 6. The van der Waals surface area contributed by atoms with Crippen LogP contribution in [0.2, 0.25) is 0 Å². The first kappa shape index (κ1) is 24.4. The molecule has 0 bridgehead atoms. The number of ether oxygens (including phenoxy) is 1. The molecule has 1 aromatic carbocycles. The summed E-state index contributed by atoms with van der Waals surface area (Å²) in [6.45, 7) is 4.12. The average molecular weight is 493 g/mol. The molecule has 2 aromatic heterocycles. The molecule has 1 aliphatic rings. The quantitative estimate of drug-likeness (QED) is 0.235. The number of hydrogen-bond donors (Lipinski definition) is 1. The predicted molar refractivity (Wildman–Crippen MR) is 132 cm³/mol. The molecule has 180 valence electrons. The minimum Gasteiger partial charge on any atom is -0.462 e. The number of benzene rings is 1. The van der Waals surface area contributed by atoms with E-state index in [-0.39, 0.29) is 18.0 Å². The van der Waals surface area contributed by atoms with Gasteiger partial charge in [-0.15, -0.1) is 11.3 Å². The Morgan fingerprint density at radius 3 is 2.71 bits per heavy atom. The number of halogens is 1. The van der Waals surface area contributed by atoms with Gasteiger partial charge in [0.15, 0.2) is 0 Å². The molecule has 1 N–H and O–H groups in total. The van der Waals surface area contributed by atoms with Crippen molar-refractivity contribution in [3.63, 3.8) is 0 Å². The van der Waals surface area contributed by atoms with Gasteiger partial charge in [-0.25, -0.2) is 9.18 Å². The molecule has 1 amide bonds. The third kappa shape index (κ3) is 5.36. The maximum atomic E-state index is 13.2. The summed E-state index contributed by atoms with van der Waals surface area (Å²) in [6, 6.07) is 11.0. The van der Waals surface area contributed by atoms with Gasteiger partial charge in [-0.1, -0.05) is 13.3 Å². The molecule has 0 saturated heterocycles. The van der Waals surface area contributed by atoms with E-state index in [0.717, 1.165) is 36.1 Å². The van der Waals surface area contributed by atoms with Gasteiger partial charge in [-0.2, -0.15) is 5.26 Å². The lowest BCUT2D eigenvalue weighted by Crippen LogP contribution is -2.17. The third-order valence-corrected chi connectivity index (χ3v) is 7.23. The van der Waals surface area contributed by atoms with E-state index < -0.39 is 11.9 Å². The highest BCUT2D eigenvalue weighted by molar-refractivity contribution is 7.17. The summed E-state index contributed by atoms with van der Waals surface area (Å²) in [4.78, 5) is 26.8. The van der Waals surface area contributed by atoms with Crippen LogP contribution in [0.5, 0.6) is 0 Å². The Kier molecular flexibility index (Phi) is 7.47. The number of carbonyl (C=O) groups is 2. The van der Waals surface area contributed by atoms with Crippen LogP contribution >= 0.6 is 11.3 Å². The number of thiophene rings is 1. The van der Waals surface area contributed by atoms with E-state index in [0.29, 0.717) is 33.6 Å². The third-order valence-electron chi connectivity index (χ3n) is 6.06. The molecular weight excluding hydrogens is 467 g/mol. The lowest BCUT2D eigenvalue weighted by atomic mass is 9.85. The van der Waals surface area contributed by atoms with Gasteiger partial charge in [-0.05, 0) is 74.1 Å². The fraction of sp³-hybridized carbons (Fsp3) is 0.296. The van der Waals surface area contributed by atoms with E-state index in [1.807, 2.05) is 6.07 Å². The highest BCUT2D eigenvalue weighted by atomic mass is 32.1. The van der Waals surface area contributed by atoms with Gasteiger partial charge in [0, 0.05) is 16.5 Å². The van der Waals surface area contributed by atoms with Gasteiger partial charge in [0.2, 0.25) is 0 Å². The molecular formula is C27H25FN2O4S. The Labute approximate surface area is 207 Å². The van der Waals surface area contributed by atoms with Gasteiger partial charge < -0.3 is 14.5 Å². The number of amides is 1. The molecule has 1 aliphatic carbocycles. The zero-order valence-electron chi connectivity index (χ0n) is 19.5. The van der Waals surface area contributed by atoms with Gasteiger partial charge in [0.05, 0.1) is 12.2 Å². The Balaban J connectivity index is 1.59. The van der Waals surface area contributed by atoms with Gasteiger partial charge in [-0.3, -0.25) is 4.79 Å². The second-order valence-corrected chi connectivity index (χ2v) is 9.38. The van der Waals surface area contributed by atoms with Crippen molar-refractivity contribution in [3.8, 4) is 17.4 Å². The highest BCUT2D eigenvalue weighted by Gasteiger charge is 2.30. The van der Waals surface area contributed by atoms with E-state index in [2.05, 4.69) is 12.2 Å². The van der Waals surface area contributed by atoms with Crippen LogP contribution in [0.3, 0.4) is 0 Å². The molecule has 0 saturated carbocycles. The molecule has 6 nitrogen and oxygen atoms in total. The van der Waals surface area contributed by atoms with Crippen molar-refractivity contribution >= 4 is 34.3 Å². The normalized spacial score (nSPS) is 15.3. The molecule has 4 rings (SSSR count). The summed E-state index contributed by atoms with van der Waals surface area (Å²) < 4.78 is 24.2.